The number of carbonyl (C=O) groups excluding carboxylic acids is 4. The predicted molar refractivity (Wildman–Crippen MR) is 183 cm³/mol. The second-order valence-corrected chi connectivity index (χ2v) is 12.5. The highest BCUT2D eigenvalue weighted by molar-refractivity contribution is 5.98. The Kier molecular flexibility index (Phi) is 11.3. The number of ether oxygens (including phenoxy) is 1. The largest absolute Gasteiger partial charge is 0.466 e. The van der Waals surface area contributed by atoms with Crippen molar-refractivity contribution in [1.29, 1.82) is 0 Å². The molecule has 1 saturated carbocycles. The van der Waals surface area contributed by atoms with Crippen molar-refractivity contribution in [2.45, 2.75) is 58.0 Å². The Labute approximate surface area is 276 Å². The van der Waals surface area contributed by atoms with E-state index in [1.54, 1.807) is 0 Å². The average molecular weight is 640 g/mol. The molecule has 10 heteroatoms. The quantitative estimate of drug-likeness (QED) is 0.152. The van der Waals surface area contributed by atoms with Crippen LogP contribution in [0.25, 0.3) is 10.8 Å². The van der Waals surface area contributed by atoms with Gasteiger partial charge in [-0.25, -0.2) is 4.79 Å². The van der Waals surface area contributed by atoms with Gasteiger partial charge in [0.05, 0.1) is 13.2 Å². The molecule has 1 heterocycles. The first-order valence-corrected chi connectivity index (χ1v) is 16.5. The van der Waals surface area contributed by atoms with Gasteiger partial charge in [-0.05, 0) is 72.6 Å². The van der Waals surface area contributed by atoms with Gasteiger partial charge in [0, 0.05) is 62.0 Å². The highest BCUT2D eigenvalue weighted by atomic mass is 16.5. The molecule has 5 rings (SSSR count). The average Bonchev–Trinajstić information content (AvgIpc) is 3.92. The zero-order chi connectivity index (χ0) is 33.3. The molecule has 2 aliphatic rings. The molecular weight excluding hydrogens is 594 g/mol. The third-order valence-corrected chi connectivity index (χ3v) is 9.08. The van der Waals surface area contributed by atoms with Crippen LogP contribution < -0.4 is 21.1 Å². The van der Waals surface area contributed by atoms with E-state index in [1.807, 2.05) is 43.3 Å². The van der Waals surface area contributed by atoms with Crippen LogP contribution in [0.15, 0.2) is 72.8 Å². The zero-order valence-corrected chi connectivity index (χ0v) is 27.5. The lowest BCUT2D eigenvalue weighted by atomic mass is 9.97. The standard InChI is InChI=1S/C37H45N5O5/c1-4-29-24-41(23-26-12-13-26)20-21-42(29)30-16-14-28(15-17-34(43)39-40-35(44)18-19-36(45)47-3)33(22-30)37(46)38-25(2)31-11-7-9-27-8-5-6-10-32(27)31/h5-11,14,16,18-19,22,25-26,29H,4,12-13,15,17,20-21,23-24H2,1-3H3,(H,38,46)(H,39,43)(H,40,44)/b19-18+/t25-,29-/m1/s1. The molecule has 2 fully saturated rings. The molecule has 0 bridgehead atoms. The van der Waals surface area contributed by atoms with Crippen LogP contribution in [0.3, 0.4) is 0 Å². The number of fused-ring (bicyclic) bond motifs is 1. The molecular formula is C37H45N5O5. The van der Waals surface area contributed by atoms with E-state index in [-0.39, 0.29) is 24.8 Å². The highest BCUT2D eigenvalue weighted by Gasteiger charge is 2.31. The summed E-state index contributed by atoms with van der Waals surface area (Å²) in [6.45, 7) is 8.27. The van der Waals surface area contributed by atoms with Gasteiger partial charge in [-0.1, -0.05) is 55.5 Å². The molecule has 10 nitrogen and oxygen atoms in total. The Hall–Kier alpha value is -4.70. The maximum atomic E-state index is 14.0. The third-order valence-electron chi connectivity index (χ3n) is 9.08. The highest BCUT2D eigenvalue weighted by Crippen LogP contribution is 2.32. The van der Waals surface area contributed by atoms with Crippen molar-refractivity contribution in [3.05, 3.63) is 89.5 Å². The van der Waals surface area contributed by atoms with Gasteiger partial charge in [-0.2, -0.15) is 0 Å². The Balaban J connectivity index is 1.33. The molecule has 1 aliphatic carbocycles. The molecule has 3 aromatic carbocycles. The molecule has 0 unspecified atom stereocenters. The van der Waals surface area contributed by atoms with E-state index in [4.69, 9.17) is 0 Å². The molecule has 0 radical (unpaired) electrons. The molecule has 0 aromatic heterocycles. The lowest BCUT2D eigenvalue weighted by molar-refractivity contribution is -0.135. The number of hydrogen-bond acceptors (Lipinski definition) is 7. The number of carbonyl (C=O) groups is 4. The van der Waals surface area contributed by atoms with Gasteiger partial charge in [0.15, 0.2) is 0 Å². The second-order valence-electron chi connectivity index (χ2n) is 12.5. The van der Waals surface area contributed by atoms with E-state index < -0.39 is 17.8 Å². The minimum absolute atomic E-state index is 0.0386. The summed E-state index contributed by atoms with van der Waals surface area (Å²) in [5.41, 5.74) is 7.92. The Morgan fingerprint density at radius 2 is 1.77 bits per heavy atom. The number of nitrogens with one attached hydrogen (secondary N) is 3. The van der Waals surface area contributed by atoms with Crippen molar-refractivity contribution >= 4 is 40.2 Å². The molecule has 2 atom stereocenters. The monoisotopic (exact) mass is 639 g/mol. The van der Waals surface area contributed by atoms with Gasteiger partial charge in [-0.3, -0.25) is 30.1 Å². The van der Waals surface area contributed by atoms with Crippen molar-refractivity contribution < 1.29 is 23.9 Å². The number of esters is 1. The van der Waals surface area contributed by atoms with Crippen molar-refractivity contribution in [3.63, 3.8) is 0 Å². The van der Waals surface area contributed by atoms with Gasteiger partial charge < -0.3 is 15.0 Å². The van der Waals surface area contributed by atoms with Crippen LogP contribution >= 0.6 is 0 Å². The van der Waals surface area contributed by atoms with Crippen LogP contribution in [0.1, 0.15) is 67.1 Å². The third kappa shape index (κ3) is 8.98. The fraction of sp³-hybridized carbons (Fsp3) is 0.405. The van der Waals surface area contributed by atoms with Crippen LogP contribution in [-0.4, -0.2) is 67.9 Å². The van der Waals surface area contributed by atoms with Crippen molar-refractivity contribution in [2.24, 2.45) is 5.92 Å². The lowest BCUT2D eigenvalue weighted by Gasteiger charge is -2.43. The molecule has 1 saturated heterocycles. The first-order valence-electron chi connectivity index (χ1n) is 16.5. The van der Waals surface area contributed by atoms with Gasteiger partial charge in [0.25, 0.3) is 11.8 Å². The molecule has 3 amide bonds. The molecule has 47 heavy (non-hydrogen) atoms. The van der Waals surface area contributed by atoms with Crippen LogP contribution in [0.5, 0.6) is 0 Å². The van der Waals surface area contributed by atoms with Crippen molar-refractivity contribution in [3.8, 4) is 0 Å². The summed E-state index contributed by atoms with van der Waals surface area (Å²) in [6, 6.07) is 20.3. The summed E-state index contributed by atoms with van der Waals surface area (Å²) in [5.74, 6) is -1.13. The number of rotatable bonds is 12. The van der Waals surface area contributed by atoms with Gasteiger partial charge in [-0.15, -0.1) is 0 Å². The van der Waals surface area contributed by atoms with Crippen LogP contribution in [0.2, 0.25) is 0 Å². The molecule has 0 spiro atoms. The van der Waals surface area contributed by atoms with E-state index in [1.165, 1.54) is 26.5 Å². The minimum atomic E-state index is -0.680. The molecule has 3 N–H and O–H groups in total. The lowest BCUT2D eigenvalue weighted by Crippen LogP contribution is -2.53. The van der Waals surface area contributed by atoms with Gasteiger partial charge in [0.2, 0.25) is 5.91 Å². The maximum Gasteiger partial charge on any atom is 0.330 e. The topological polar surface area (TPSA) is 120 Å². The number of piperazine rings is 1. The molecule has 248 valence electrons. The van der Waals surface area contributed by atoms with Crippen LogP contribution in [0.4, 0.5) is 5.69 Å². The van der Waals surface area contributed by atoms with Crippen LogP contribution in [-0.2, 0) is 25.5 Å². The number of benzene rings is 3. The minimum Gasteiger partial charge on any atom is -0.466 e. The van der Waals surface area contributed by atoms with E-state index in [2.05, 4.69) is 61.9 Å². The van der Waals surface area contributed by atoms with E-state index in [0.717, 1.165) is 71.7 Å². The SMILES string of the molecule is CC[C@@H]1CN(CC2CC2)CCN1c1ccc(CCC(=O)NNC(=O)/C=C/C(=O)OC)c(C(=O)N[C@H](C)c2cccc3ccccc23)c1. The summed E-state index contributed by atoms with van der Waals surface area (Å²) in [7, 11) is 1.20. The van der Waals surface area contributed by atoms with Gasteiger partial charge in [0.1, 0.15) is 0 Å². The molecule has 3 aromatic rings. The summed E-state index contributed by atoms with van der Waals surface area (Å²) in [6.07, 6.45) is 5.94. The van der Waals surface area contributed by atoms with E-state index in [0.29, 0.717) is 11.6 Å². The first kappa shape index (κ1) is 33.7. The Bertz CT molecular complexity index is 1630. The summed E-state index contributed by atoms with van der Waals surface area (Å²) in [5, 5.41) is 5.42. The Morgan fingerprint density at radius 1 is 0.979 bits per heavy atom. The fourth-order valence-electron chi connectivity index (χ4n) is 6.29. The number of methoxy groups -OCH3 is 1. The zero-order valence-electron chi connectivity index (χ0n) is 27.5. The van der Waals surface area contributed by atoms with Crippen molar-refractivity contribution in [1.82, 2.24) is 21.1 Å². The number of hydrogen-bond donors (Lipinski definition) is 3. The van der Waals surface area contributed by atoms with E-state index >= 15 is 0 Å². The van der Waals surface area contributed by atoms with E-state index in [9.17, 15) is 19.2 Å². The summed E-state index contributed by atoms with van der Waals surface area (Å²) < 4.78 is 4.46. The number of hydrazine groups is 1. The number of nitrogens with zero attached hydrogens (tertiary/aromatic N) is 2. The smallest absolute Gasteiger partial charge is 0.330 e. The fourth-order valence-corrected chi connectivity index (χ4v) is 6.29. The Morgan fingerprint density at radius 3 is 2.53 bits per heavy atom. The van der Waals surface area contributed by atoms with Gasteiger partial charge >= 0.3 is 5.97 Å². The maximum absolute atomic E-state index is 14.0. The number of anilines is 1. The number of aryl methyl sites for hydroxylation is 1. The van der Waals surface area contributed by atoms with Crippen molar-refractivity contribution in [2.75, 3.05) is 38.2 Å². The summed E-state index contributed by atoms with van der Waals surface area (Å²) >= 11 is 0. The normalized spacial score (nSPS) is 17.3. The number of amides is 3. The second kappa shape index (κ2) is 15.7. The molecule has 1 aliphatic heterocycles. The first-order chi connectivity index (χ1) is 22.7. The predicted octanol–water partition coefficient (Wildman–Crippen LogP) is 4.45. The van der Waals surface area contributed by atoms with Crippen LogP contribution in [0, 0.1) is 5.92 Å². The summed E-state index contributed by atoms with van der Waals surface area (Å²) in [4.78, 5) is 54.8.